The molecule has 1 saturated heterocycles. The van der Waals surface area contributed by atoms with E-state index in [0.29, 0.717) is 13.1 Å². The summed E-state index contributed by atoms with van der Waals surface area (Å²) in [4.78, 5) is 29.7. The predicted molar refractivity (Wildman–Crippen MR) is 89.5 cm³/mol. The van der Waals surface area contributed by atoms with Crippen molar-refractivity contribution in [3.63, 3.8) is 0 Å². The van der Waals surface area contributed by atoms with Gasteiger partial charge in [-0.1, -0.05) is 6.92 Å². The van der Waals surface area contributed by atoms with Crippen LogP contribution in [0.3, 0.4) is 0 Å². The van der Waals surface area contributed by atoms with E-state index in [-0.39, 0.29) is 17.9 Å². The van der Waals surface area contributed by atoms with Gasteiger partial charge in [0.2, 0.25) is 5.91 Å². The van der Waals surface area contributed by atoms with E-state index in [2.05, 4.69) is 16.3 Å². The van der Waals surface area contributed by atoms with Crippen LogP contribution in [0.1, 0.15) is 36.6 Å². The molecule has 6 heteroatoms. The molecular weight excluding hydrogens is 312 g/mol. The van der Waals surface area contributed by atoms with Gasteiger partial charge in [-0.2, -0.15) is 0 Å². The van der Waals surface area contributed by atoms with Crippen LogP contribution in [0.15, 0.2) is 11.4 Å². The second-order valence-electron chi connectivity index (χ2n) is 6.48. The van der Waals surface area contributed by atoms with Crippen molar-refractivity contribution in [1.82, 2.24) is 9.80 Å². The van der Waals surface area contributed by atoms with Crippen molar-refractivity contribution in [2.45, 2.75) is 45.2 Å². The second-order valence-corrected chi connectivity index (χ2v) is 7.48. The molecule has 1 fully saturated rings. The zero-order chi connectivity index (χ0) is 16.4. The van der Waals surface area contributed by atoms with E-state index in [4.69, 9.17) is 0 Å². The summed E-state index contributed by atoms with van der Waals surface area (Å²) in [5, 5.41) is 11.4. The third-order valence-corrected chi connectivity index (χ3v) is 6.06. The number of piperidine rings is 1. The molecule has 126 valence electrons. The summed E-state index contributed by atoms with van der Waals surface area (Å²) < 4.78 is 0. The fourth-order valence-corrected chi connectivity index (χ4v) is 4.62. The molecule has 23 heavy (non-hydrogen) atoms. The Labute approximate surface area is 140 Å². The van der Waals surface area contributed by atoms with E-state index >= 15 is 0 Å². The normalized spacial score (nSPS) is 23.3. The van der Waals surface area contributed by atoms with Crippen molar-refractivity contribution in [3.8, 4) is 0 Å². The summed E-state index contributed by atoms with van der Waals surface area (Å²) in [5.41, 5.74) is 1.27. The van der Waals surface area contributed by atoms with Crippen LogP contribution in [0.4, 0.5) is 0 Å². The highest BCUT2D eigenvalue weighted by molar-refractivity contribution is 7.10. The summed E-state index contributed by atoms with van der Waals surface area (Å²) >= 11 is 1.77. The molecule has 0 spiro atoms. The first-order chi connectivity index (χ1) is 11.1. The number of hydrogen-bond acceptors (Lipinski definition) is 4. The van der Waals surface area contributed by atoms with Crippen molar-refractivity contribution < 1.29 is 14.7 Å². The summed E-state index contributed by atoms with van der Waals surface area (Å²) in [6.45, 7) is 4.82. The van der Waals surface area contributed by atoms with Crippen LogP contribution < -0.4 is 0 Å². The van der Waals surface area contributed by atoms with E-state index in [1.165, 1.54) is 10.4 Å². The molecule has 5 nitrogen and oxygen atoms in total. The zero-order valence-electron chi connectivity index (χ0n) is 13.5. The number of amides is 1. The Morgan fingerprint density at radius 3 is 3.00 bits per heavy atom. The van der Waals surface area contributed by atoms with E-state index < -0.39 is 5.97 Å². The van der Waals surface area contributed by atoms with Gasteiger partial charge >= 0.3 is 5.97 Å². The molecule has 2 atom stereocenters. The molecule has 1 N–H and O–H groups in total. The average molecular weight is 336 g/mol. The predicted octanol–water partition coefficient (Wildman–Crippen LogP) is 2.21. The SMILES string of the molecule is CCC(C(=O)N1CCc2sccc2C1)N1CCCC(C(=O)O)C1. The summed E-state index contributed by atoms with van der Waals surface area (Å²) in [6.07, 6.45) is 3.25. The van der Waals surface area contributed by atoms with Gasteiger partial charge in [0.15, 0.2) is 0 Å². The van der Waals surface area contributed by atoms with Crippen LogP contribution in [0.2, 0.25) is 0 Å². The first-order valence-corrected chi connectivity index (χ1v) is 9.29. The van der Waals surface area contributed by atoms with Crippen LogP contribution in [-0.2, 0) is 22.6 Å². The molecule has 1 amide bonds. The van der Waals surface area contributed by atoms with Gasteiger partial charge in [0, 0.05) is 24.5 Å². The lowest BCUT2D eigenvalue weighted by Gasteiger charge is -2.39. The molecule has 0 aromatic carbocycles. The van der Waals surface area contributed by atoms with E-state index in [0.717, 1.165) is 38.8 Å². The van der Waals surface area contributed by atoms with Crippen LogP contribution in [0.5, 0.6) is 0 Å². The quantitative estimate of drug-likeness (QED) is 0.916. The van der Waals surface area contributed by atoms with Gasteiger partial charge in [-0.25, -0.2) is 0 Å². The number of fused-ring (bicyclic) bond motifs is 1. The van der Waals surface area contributed by atoms with Gasteiger partial charge in [0.05, 0.1) is 12.0 Å². The van der Waals surface area contributed by atoms with Crippen LogP contribution in [-0.4, -0.2) is 52.5 Å². The van der Waals surface area contributed by atoms with E-state index in [1.807, 2.05) is 11.8 Å². The molecule has 3 heterocycles. The van der Waals surface area contributed by atoms with Crippen LogP contribution >= 0.6 is 11.3 Å². The summed E-state index contributed by atoms with van der Waals surface area (Å²) in [5.74, 6) is -0.913. The molecule has 1 aromatic rings. The highest BCUT2D eigenvalue weighted by Crippen LogP contribution is 2.26. The minimum absolute atomic E-state index is 0.162. The molecule has 3 rings (SSSR count). The van der Waals surface area contributed by atoms with E-state index in [1.54, 1.807) is 11.3 Å². The minimum Gasteiger partial charge on any atom is -0.481 e. The van der Waals surface area contributed by atoms with Crippen molar-refractivity contribution in [2.24, 2.45) is 5.92 Å². The number of carbonyl (C=O) groups is 2. The number of likely N-dealkylation sites (tertiary alicyclic amines) is 1. The number of nitrogens with zero attached hydrogens (tertiary/aromatic N) is 2. The maximum atomic E-state index is 13.0. The first-order valence-electron chi connectivity index (χ1n) is 8.41. The monoisotopic (exact) mass is 336 g/mol. The second kappa shape index (κ2) is 7.01. The van der Waals surface area contributed by atoms with Gasteiger partial charge in [0.1, 0.15) is 0 Å². The van der Waals surface area contributed by atoms with Gasteiger partial charge in [0.25, 0.3) is 0 Å². The Morgan fingerprint density at radius 2 is 2.26 bits per heavy atom. The van der Waals surface area contributed by atoms with Crippen molar-refractivity contribution in [1.29, 1.82) is 0 Å². The Morgan fingerprint density at radius 1 is 1.43 bits per heavy atom. The van der Waals surface area contributed by atoms with Gasteiger partial charge < -0.3 is 10.0 Å². The molecule has 2 unspecified atom stereocenters. The van der Waals surface area contributed by atoms with Crippen LogP contribution in [0.25, 0.3) is 0 Å². The highest BCUT2D eigenvalue weighted by atomic mass is 32.1. The third-order valence-electron chi connectivity index (χ3n) is 5.03. The maximum absolute atomic E-state index is 13.0. The molecule has 0 saturated carbocycles. The third kappa shape index (κ3) is 3.43. The maximum Gasteiger partial charge on any atom is 0.307 e. The Hall–Kier alpha value is -1.40. The number of thiophene rings is 1. The largest absolute Gasteiger partial charge is 0.481 e. The molecule has 0 bridgehead atoms. The number of carboxylic acids is 1. The molecule has 0 radical (unpaired) electrons. The van der Waals surface area contributed by atoms with Crippen molar-refractivity contribution >= 4 is 23.2 Å². The number of aliphatic carboxylic acids is 1. The molecule has 1 aromatic heterocycles. The van der Waals surface area contributed by atoms with Gasteiger partial charge in [-0.05, 0) is 49.2 Å². The molecular formula is C17H24N2O3S. The zero-order valence-corrected chi connectivity index (χ0v) is 14.3. The van der Waals surface area contributed by atoms with Crippen molar-refractivity contribution in [3.05, 3.63) is 21.9 Å². The lowest BCUT2D eigenvalue weighted by atomic mass is 9.95. The average Bonchev–Trinajstić information content (AvgIpc) is 3.03. The van der Waals surface area contributed by atoms with Gasteiger partial charge in [-0.3, -0.25) is 14.5 Å². The smallest absolute Gasteiger partial charge is 0.307 e. The standard InChI is InChI=1S/C17H24N2O3S/c1-2-14(18-7-3-4-13(11-18)17(21)22)16(20)19-8-5-15-12(10-19)6-9-23-15/h6,9,13-14H,2-5,7-8,10-11H2,1H3,(H,21,22). The summed E-state index contributed by atoms with van der Waals surface area (Å²) in [7, 11) is 0. The number of rotatable bonds is 4. The Balaban J connectivity index is 1.68. The fraction of sp³-hybridized carbons (Fsp3) is 0.647. The lowest BCUT2D eigenvalue weighted by Crippen LogP contribution is -2.53. The van der Waals surface area contributed by atoms with E-state index in [9.17, 15) is 14.7 Å². The molecule has 0 aliphatic carbocycles. The summed E-state index contributed by atoms with van der Waals surface area (Å²) in [6, 6.07) is 1.93. The number of carboxylic acid groups (broad SMARTS) is 1. The molecule has 2 aliphatic heterocycles. The Kier molecular flexibility index (Phi) is 5.02. The van der Waals surface area contributed by atoms with Crippen molar-refractivity contribution in [2.75, 3.05) is 19.6 Å². The Bertz CT molecular complexity index is 586. The minimum atomic E-state index is -0.738. The molecule has 2 aliphatic rings. The number of hydrogen-bond donors (Lipinski definition) is 1. The topological polar surface area (TPSA) is 60.9 Å². The lowest BCUT2D eigenvalue weighted by molar-refractivity contribution is -0.147. The van der Waals surface area contributed by atoms with Gasteiger partial charge in [-0.15, -0.1) is 11.3 Å². The van der Waals surface area contributed by atoms with Crippen LogP contribution in [0, 0.1) is 5.92 Å². The fourth-order valence-electron chi connectivity index (χ4n) is 3.73. The first kappa shape index (κ1) is 16.5. The number of carbonyl (C=O) groups excluding carboxylic acids is 1. The highest BCUT2D eigenvalue weighted by Gasteiger charge is 2.35.